The van der Waals surface area contributed by atoms with Crippen LogP contribution in [0.5, 0.6) is 5.75 Å². The fraction of sp³-hybridized carbons (Fsp3) is 0.0455. The number of hydrogen-bond acceptors (Lipinski definition) is 5. The Hall–Kier alpha value is -3.84. The van der Waals surface area contributed by atoms with Gasteiger partial charge in [-0.15, -0.1) is 10.2 Å². The summed E-state index contributed by atoms with van der Waals surface area (Å²) >= 11 is 5.99. The molecule has 1 aromatic heterocycles. The first-order chi connectivity index (χ1) is 14.6. The molecule has 0 unspecified atom stereocenters. The van der Waals surface area contributed by atoms with Crippen LogP contribution < -0.4 is 15.4 Å². The molecule has 4 aromatic rings. The van der Waals surface area contributed by atoms with Crippen molar-refractivity contribution >= 4 is 29.0 Å². The average molecular weight is 421 g/mol. The molecule has 150 valence electrons. The van der Waals surface area contributed by atoms with E-state index in [9.17, 15) is 4.79 Å². The van der Waals surface area contributed by atoms with E-state index in [2.05, 4.69) is 20.8 Å². The number of ether oxygens (including phenoxy) is 1. The van der Waals surface area contributed by atoms with Crippen LogP contribution >= 0.6 is 11.6 Å². The SMILES string of the molecule is COc1ccc(Cl)cc1NC(=O)Nc1ccc(-c2nnc(-c3ccccc3)o2)cc1. The number of nitrogens with zero attached hydrogens (tertiary/aromatic N) is 2. The van der Waals surface area contributed by atoms with Crippen LogP contribution in [0.1, 0.15) is 0 Å². The number of carbonyl (C=O) groups is 1. The standard InChI is InChI=1S/C22H17ClN4O3/c1-29-19-12-9-16(23)13-18(19)25-22(28)24-17-10-7-15(8-11-17)21-27-26-20(30-21)14-5-3-2-4-6-14/h2-13H,1H3,(H2,24,25,28). The topological polar surface area (TPSA) is 89.3 Å². The molecule has 4 rings (SSSR count). The molecule has 0 fully saturated rings. The Balaban J connectivity index is 1.44. The summed E-state index contributed by atoms with van der Waals surface area (Å²) in [5.41, 5.74) is 2.66. The van der Waals surface area contributed by atoms with Crippen molar-refractivity contribution in [2.45, 2.75) is 0 Å². The summed E-state index contributed by atoms with van der Waals surface area (Å²) in [4.78, 5) is 12.3. The second-order valence-electron chi connectivity index (χ2n) is 6.28. The first-order valence-electron chi connectivity index (χ1n) is 9.03. The molecule has 3 aromatic carbocycles. The highest BCUT2D eigenvalue weighted by molar-refractivity contribution is 6.31. The zero-order valence-electron chi connectivity index (χ0n) is 15.9. The Kier molecular flexibility index (Phi) is 5.63. The van der Waals surface area contributed by atoms with Gasteiger partial charge in [0, 0.05) is 21.8 Å². The van der Waals surface area contributed by atoms with Crippen molar-refractivity contribution in [3.63, 3.8) is 0 Å². The van der Waals surface area contributed by atoms with Crippen molar-refractivity contribution in [2.75, 3.05) is 17.7 Å². The van der Waals surface area contributed by atoms with Gasteiger partial charge < -0.3 is 19.8 Å². The van der Waals surface area contributed by atoms with E-state index in [0.717, 1.165) is 11.1 Å². The molecule has 0 aliphatic carbocycles. The summed E-state index contributed by atoms with van der Waals surface area (Å²) in [5, 5.41) is 14.1. The largest absolute Gasteiger partial charge is 0.495 e. The molecule has 2 amide bonds. The molecule has 1 heterocycles. The van der Waals surface area contributed by atoms with E-state index in [1.807, 2.05) is 30.3 Å². The summed E-state index contributed by atoms with van der Waals surface area (Å²) in [5.74, 6) is 1.35. The highest BCUT2D eigenvalue weighted by atomic mass is 35.5. The lowest BCUT2D eigenvalue weighted by Gasteiger charge is -2.11. The minimum absolute atomic E-state index is 0.397. The van der Waals surface area contributed by atoms with Gasteiger partial charge in [-0.2, -0.15) is 0 Å². The van der Waals surface area contributed by atoms with Crippen molar-refractivity contribution in [1.82, 2.24) is 10.2 Å². The molecular formula is C22H17ClN4O3. The van der Waals surface area contributed by atoms with Crippen molar-refractivity contribution < 1.29 is 13.9 Å². The molecule has 0 spiro atoms. The Labute approximate surface area is 177 Å². The number of anilines is 2. The van der Waals surface area contributed by atoms with Crippen molar-refractivity contribution in [1.29, 1.82) is 0 Å². The quantitative estimate of drug-likeness (QED) is 0.431. The van der Waals surface area contributed by atoms with Gasteiger partial charge in [0.05, 0.1) is 12.8 Å². The Morgan fingerprint density at radius 3 is 2.23 bits per heavy atom. The predicted molar refractivity (Wildman–Crippen MR) is 116 cm³/mol. The minimum atomic E-state index is -0.424. The second-order valence-corrected chi connectivity index (χ2v) is 6.72. The molecule has 0 atom stereocenters. The molecule has 2 N–H and O–H groups in total. The van der Waals surface area contributed by atoms with E-state index in [-0.39, 0.29) is 0 Å². The third kappa shape index (κ3) is 4.42. The first kappa shape index (κ1) is 19.5. The number of carbonyl (C=O) groups excluding carboxylic acids is 1. The third-order valence-electron chi connectivity index (χ3n) is 4.25. The van der Waals surface area contributed by atoms with Gasteiger partial charge in [0.2, 0.25) is 11.8 Å². The summed E-state index contributed by atoms with van der Waals surface area (Å²) in [6.45, 7) is 0. The number of benzene rings is 3. The van der Waals surface area contributed by atoms with Gasteiger partial charge in [-0.3, -0.25) is 0 Å². The second kappa shape index (κ2) is 8.67. The predicted octanol–water partition coefficient (Wildman–Crippen LogP) is 5.71. The number of methoxy groups -OCH3 is 1. The van der Waals surface area contributed by atoms with Gasteiger partial charge in [-0.05, 0) is 54.6 Å². The molecule has 8 heteroatoms. The van der Waals surface area contributed by atoms with E-state index >= 15 is 0 Å². The monoisotopic (exact) mass is 420 g/mol. The van der Waals surface area contributed by atoms with E-state index < -0.39 is 6.03 Å². The highest BCUT2D eigenvalue weighted by Gasteiger charge is 2.11. The Bertz CT molecular complexity index is 1160. The number of nitrogens with one attached hydrogen (secondary N) is 2. The van der Waals surface area contributed by atoms with Gasteiger partial charge in [0.25, 0.3) is 0 Å². The van der Waals surface area contributed by atoms with Crippen LogP contribution in [-0.4, -0.2) is 23.3 Å². The van der Waals surface area contributed by atoms with Gasteiger partial charge >= 0.3 is 6.03 Å². The van der Waals surface area contributed by atoms with Gasteiger partial charge in [-0.1, -0.05) is 29.8 Å². The van der Waals surface area contributed by atoms with Crippen LogP contribution in [0.15, 0.2) is 77.2 Å². The van der Waals surface area contributed by atoms with E-state index in [1.54, 1.807) is 42.5 Å². The molecule has 0 radical (unpaired) electrons. The molecule has 7 nitrogen and oxygen atoms in total. The van der Waals surface area contributed by atoms with E-state index in [4.69, 9.17) is 20.8 Å². The molecule has 0 bridgehead atoms. The molecule has 0 aliphatic rings. The summed E-state index contributed by atoms with van der Waals surface area (Å²) in [6, 6.07) is 21.2. The van der Waals surface area contributed by atoms with Crippen LogP contribution in [-0.2, 0) is 0 Å². The van der Waals surface area contributed by atoms with Crippen molar-refractivity contribution in [3.8, 4) is 28.7 Å². The van der Waals surface area contributed by atoms with Gasteiger partial charge in [0.15, 0.2) is 0 Å². The van der Waals surface area contributed by atoms with Crippen LogP contribution in [0, 0.1) is 0 Å². The summed E-state index contributed by atoms with van der Waals surface area (Å²) < 4.78 is 11.0. The Morgan fingerprint density at radius 1 is 0.900 bits per heavy atom. The lowest BCUT2D eigenvalue weighted by Crippen LogP contribution is -2.19. The summed E-state index contributed by atoms with van der Waals surface area (Å²) in [6.07, 6.45) is 0. The highest BCUT2D eigenvalue weighted by Crippen LogP contribution is 2.28. The number of hydrogen-bond donors (Lipinski definition) is 2. The normalized spacial score (nSPS) is 10.5. The number of amides is 2. The number of aromatic nitrogens is 2. The molecule has 0 saturated heterocycles. The van der Waals surface area contributed by atoms with E-state index in [1.165, 1.54) is 7.11 Å². The minimum Gasteiger partial charge on any atom is -0.495 e. The summed E-state index contributed by atoms with van der Waals surface area (Å²) in [7, 11) is 1.52. The maximum atomic E-state index is 12.3. The fourth-order valence-electron chi connectivity index (χ4n) is 2.80. The van der Waals surface area contributed by atoms with Crippen LogP contribution in [0.2, 0.25) is 5.02 Å². The maximum Gasteiger partial charge on any atom is 0.323 e. The first-order valence-corrected chi connectivity index (χ1v) is 9.41. The van der Waals surface area contributed by atoms with Crippen molar-refractivity contribution in [2.24, 2.45) is 0 Å². The maximum absolute atomic E-state index is 12.3. The van der Waals surface area contributed by atoms with E-state index in [0.29, 0.717) is 33.9 Å². The zero-order valence-corrected chi connectivity index (χ0v) is 16.7. The van der Waals surface area contributed by atoms with Crippen LogP contribution in [0.25, 0.3) is 22.9 Å². The fourth-order valence-corrected chi connectivity index (χ4v) is 2.97. The zero-order chi connectivity index (χ0) is 20.9. The third-order valence-corrected chi connectivity index (χ3v) is 4.48. The van der Waals surface area contributed by atoms with Gasteiger partial charge in [0.1, 0.15) is 5.75 Å². The molecule has 30 heavy (non-hydrogen) atoms. The van der Waals surface area contributed by atoms with Crippen LogP contribution in [0.3, 0.4) is 0 Å². The Morgan fingerprint density at radius 2 is 1.57 bits per heavy atom. The lowest BCUT2D eigenvalue weighted by molar-refractivity contribution is 0.262. The average Bonchev–Trinajstić information content (AvgIpc) is 3.25. The number of urea groups is 1. The van der Waals surface area contributed by atoms with Crippen molar-refractivity contribution in [3.05, 3.63) is 77.8 Å². The smallest absolute Gasteiger partial charge is 0.323 e. The molecule has 0 aliphatic heterocycles. The van der Waals surface area contributed by atoms with Crippen LogP contribution in [0.4, 0.5) is 16.2 Å². The number of halogens is 1. The lowest BCUT2D eigenvalue weighted by atomic mass is 10.2. The van der Waals surface area contributed by atoms with Gasteiger partial charge in [-0.25, -0.2) is 4.79 Å². The molecule has 0 saturated carbocycles. The molecular weight excluding hydrogens is 404 g/mol. The number of rotatable bonds is 5.